The molecule has 0 spiro atoms. The molecule has 5 unspecified atom stereocenters. The van der Waals surface area contributed by atoms with Crippen LogP contribution in [-0.2, 0) is 14.3 Å². The molecule has 3 fully saturated rings. The zero-order valence-electron chi connectivity index (χ0n) is 18.7. The first-order chi connectivity index (χ1) is 15.3. The number of fused-ring (bicyclic) bond motifs is 1. The van der Waals surface area contributed by atoms with Crippen molar-refractivity contribution >= 4 is 29.6 Å². The van der Waals surface area contributed by atoms with Crippen LogP contribution in [0.4, 0.5) is 4.79 Å². The van der Waals surface area contributed by atoms with Crippen LogP contribution < -0.4 is 16.0 Å². The van der Waals surface area contributed by atoms with E-state index in [1.807, 2.05) is 25.1 Å². The van der Waals surface area contributed by atoms with E-state index in [0.29, 0.717) is 6.54 Å². The number of thioether (sulfide) groups is 1. The van der Waals surface area contributed by atoms with Crippen molar-refractivity contribution in [2.24, 2.45) is 5.92 Å². The first kappa shape index (κ1) is 23.0. The minimum absolute atomic E-state index is 0.0873. The Hall–Kier alpha value is -2.14. The molecule has 9 nitrogen and oxygen atoms in total. The van der Waals surface area contributed by atoms with Crippen molar-refractivity contribution in [1.29, 1.82) is 0 Å². The smallest absolute Gasteiger partial charge is 0.327 e. The maximum absolute atomic E-state index is 13.0. The highest BCUT2D eigenvalue weighted by Crippen LogP contribution is 2.34. The van der Waals surface area contributed by atoms with Gasteiger partial charge in [0.05, 0.1) is 35.5 Å². The van der Waals surface area contributed by atoms with E-state index < -0.39 is 12.1 Å². The lowest BCUT2D eigenvalue weighted by Crippen LogP contribution is -2.72. The summed E-state index contributed by atoms with van der Waals surface area (Å²) in [6, 6.07) is 7.74. The fourth-order valence-electron chi connectivity index (χ4n) is 4.49. The number of amides is 4. The second-order valence-corrected chi connectivity index (χ2v) is 9.74. The average molecular weight is 462 g/mol. The van der Waals surface area contributed by atoms with Crippen LogP contribution in [0.2, 0.25) is 0 Å². The molecular formula is C22H31N5O4S. The highest BCUT2D eigenvalue weighted by atomic mass is 32.2. The summed E-state index contributed by atoms with van der Waals surface area (Å²) in [7, 11) is 3.20. The van der Waals surface area contributed by atoms with Crippen molar-refractivity contribution in [3.05, 3.63) is 35.4 Å². The van der Waals surface area contributed by atoms with E-state index in [-0.39, 0.29) is 41.2 Å². The standard InChI is InChI=1S/C22H31N5O4S/c1-13-6-4-7-14(10-13)18-24-19-17(21(29)27(3)22(30)26(19)2)20(25-18)32-12-16(28)23-11-15-8-5-9-31-15/h4,6-7,10,15,17-20,24-25H,5,8-9,11-12H2,1-3H3,(H,23,28). The normalized spacial score (nSPS) is 30.4. The Kier molecular flexibility index (Phi) is 7.04. The maximum atomic E-state index is 13.0. The Morgan fingerprint density at radius 3 is 2.81 bits per heavy atom. The van der Waals surface area contributed by atoms with E-state index in [1.165, 1.54) is 18.8 Å². The first-order valence-electron chi connectivity index (χ1n) is 11.0. The third-order valence-electron chi connectivity index (χ3n) is 6.28. The minimum atomic E-state index is -0.514. The summed E-state index contributed by atoms with van der Waals surface area (Å²) in [5.74, 6) is -0.642. The van der Waals surface area contributed by atoms with E-state index >= 15 is 0 Å². The number of aryl methyl sites for hydroxylation is 1. The second kappa shape index (κ2) is 9.78. The SMILES string of the molecule is Cc1cccc(C2NC(SCC(=O)NCC3CCCO3)C3C(=O)N(C)C(=O)N(C)C3N2)c1. The number of carbonyl (C=O) groups is 3. The number of benzene rings is 1. The molecule has 4 amide bonds. The molecule has 4 rings (SSSR count). The molecule has 0 radical (unpaired) electrons. The number of nitrogens with zero attached hydrogens (tertiary/aromatic N) is 2. The molecule has 1 aromatic rings. The Labute approximate surface area is 192 Å². The Bertz CT molecular complexity index is 878. The van der Waals surface area contributed by atoms with Crippen LogP contribution >= 0.6 is 11.8 Å². The van der Waals surface area contributed by atoms with Gasteiger partial charge in [0, 0.05) is 27.2 Å². The highest BCUT2D eigenvalue weighted by molar-refractivity contribution is 8.00. The van der Waals surface area contributed by atoms with Gasteiger partial charge in [-0.2, -0.15) is 0 Å². The van der Waals surface area contributed by atoms with Gasteiger partial charge in [-0.25, -0.2) is 4.79 Å². The molecule has 10 heteroatoms. The van der Waals surface area contributed by atoms with Gasteiger partial charge in [0.15, 0.2) is 0 Å². The lowest BCUT2D eigenvalue weighted by atomic mass is 9.95. The molecule has 0 saturated carbocycles. The van der Waals surface area contributed by atoms with Crippen molar-refractivity contribution < 1.29 is 19.1 Å². The van der Waals surface area contributed by atoms with E-state index in [2.05, 4.69) is 22.0 Å². The van der Waals surface area contributed by atoms with Gasteiger partial charge < -0.3 is 15.0 Å². The van der Waals surface area contributed by atoms with Crippen LogP contribution in [0.1, 0.15) is 30.1 Å². The fraction of sp³-hybridized carbons (Fsp3) is 0.591. The summed E-state index contributed by atoms with van der Waals surface area (Å²) in [6.45, 7) is 3.28. The third-order valence-corrected chi connectivity index (χ3v) is 7.49. The monoisotopic (exact) mass is 461 g/mol. The Balaban J connectivity index is 1.48. The van der Waals surface area contributed by atoms with E-state index in [1.54, 1.807) is 11.9 Å². The molecule has 0 bridgehead atoms. The minimum Gasteiger partial charge on any atom is -0.376 e. The third kappa shape index (κ3) is 4.78. The van der Waals surface area contributed by atoms with Gasteiger partial charge in [0.2, 0.25) is 11.8 Å². The summed E-state index contributed by atoms with van der Waals surface area (Å²) in [4.78, 5) is 40.8. The average Bonchev–Trinajstić information content (AvgIpc) is 3.31. The molecule has 3 aliphatic rings. The number of rotatable bonds is 6. The maximum Gasteiger partial charge on any atom is 0.327 e. The lowest BCUT2D eigenvalue weighted by Gasteiger charge is -2.50. The number of carbonyl (C=O) groups excluding carboxylic acids is 3. The summed E-state index contributed by atoms with van der Waals surface area (Å²) in [6.07, 6.45) is 1.36. The highest BCUT2D eigenvalue weighted by Gasteiger charge is 2.51. The van der Waals surface area contributed by atoms with Crippen LogP contribution in [0.3, 0.4) is 0 Å². The quantitative estimate of drug-likeness (QED) is 0.581. The summed E-state index contributed by atoms with van der Waals surface area (Å²) in [5, 5.41) is 9.52. The molecular weight excluding hydrogens is 430 g/mol. The fourth-order valence-corrected chi connectivity index (χ4v) is 5.63. The number of hydrogen-bond acceptors (Lipinski definition) is 7. The Morgan fingerprint density at radius 2 is 2.09 bits per heavy atom. The second-order valence-electron chi connectivity index (χ2n) is 8.61. The summed E-state index contributed by atoms with van der Waals surface area (Å²) >= 11 is 1.40. The number of imide groups is 1. The number of hydrogen-bond donors (Lipinski definition) is 3. The predicted molar refractivity (Wildman–Crippen MR) is 122 cm³/mol. The number of ether oxygens (including phenoxy) is 1. The molecule has 3 heterocycles. The van der Waals surface area contributed by atoms with Gasteiger partial charge in [-0.1, -0.05) is 29.8 Å². The van der Waals surface area contributed by atoms with Crippen molar-refractivity contribution in [1.82, 2.24) is 25.8 Å². The van der Waals surface area contributed by atoms with E-state index in [4.69, 9.17) is 4.74 Å². The van der Waals surface area contributed by atoms with Gasteiger partial charge in [-0.05, 0) is 25.3 Å². The van der Waals surface area contributed by atoms with Crippen molar-refractivity contribution in [2.75, 3.05) is 33.0 Å². The van der Waals surface area contributed by atoms with Gasteiger partial charge >= 0.3 is 6.03 Å². The van der Waals surface area contributed by atoms with Gasteiger partial charge in [-0.3, -0.25) is 25.1 Å². The number of nitrogens with one attached hydrogen (secondary N) is 3. The molecule has 3 aliphatic heterocycles. The summed E-state index contributed by atoms with van der Waals surface area (Å²) in [5.41, 5.74) is 2.14. The van der Waals surface area contributed by atoms with Crippen LogP contribution in [0, 0.1) is 12.8 Å². The molecule has 3 N–H and O–H groups in total. The van der Waals surface area contributed by atoms with Crippen LogP contribution in [0.25, 0.3) is 0 Å². The van der Waals surface area contributed by atoms with Crippen LogP contribution in [-0.4, -0.2) is 78.3 Å². The molecule has 174 valence electrons. The van der Waals surface area contributed by atoms with E-state index in [0.717, 1.165) is 35.5 Å². The van der Waals surface area contributed by atoms with Crippen molar-refractivity contribution in [3.8, 4) is 0 Å². The largest absolute Gasteiger partial charge is 0.376 e. The predicted octanol–water partition coefficient (Wildman–Crippen LogP) is 1.01. The lowest BCUT2D eigenvalue weighted by molar-refractivity contribution is -0.140. The molecule has 32 heavy (non-hydrogen) atoms. The van der Waals surface area contributed by atoms with Crippen molar-refractivity contribution in [2.45, 2.75) is 43.6 Å². The Morgan fingerprint density at radius 1 is 1.28 bits per heavy atom. The topological polar surface area (TPSA) is 103 Å². The van der Waals surface area contributed by atoms with Crippen LogP contribution in [0.5, 0.6) is 0 Å². The molecule has 0 aliphatic carbocycles. The molecule has 5 atom stereocenters. The molecule has 0 aromatic heterocycles. The zero-order valence-corrected chi connectivity index (χ0v) is 19.5. The molecule has 3 saturated heterocycles. The zero-order chi connectivity index (χ0) is 22.8. The van der Waals surface area contributed by atoms with Gasteiger partial charge in [0.25, 0.3) is 0 Å². The van der Waals surface area contributed by atoms with Crippen molar-refractivity contribution in [3.63, 3.8) is 0 Å². The first-order valence-corrected chi connectivity index (χ1v) is 12.0. The molecule has 1 aromatic carbocycles. The number of urea groups is 1. The van der Waals surface area contributed by atoms with E-state index in [9.17, 15) is 14.4 Å². The summed E-state index contributed by atoms with van der Waals surface area (Å²) < 4.78 is 5.56. The van der Waals surface area contributed by atoms with Crippen LogP contribution in [0.15, 0.2) is 24.3 Å². The van der Waals surface area contributed by atoms with Gasteiger partial charge in [0.1, 0.15) is 0 Å². The van der Waals surface area contributed by atoms with Gasteiger partial charge in [-0.15, -0.1) is 11.8 Å².